The Morgan fingerprint density at radius 1 is 1.52 bits per heavy atom. The number of thiazole rings is 1. The minimum absolute atomic E-state index is 0.00999. The highest BCUT2D eigenvalue weighted by Gasteiger charge is 2.11. The van der Waals surface area contributed by atoms with Crippen molar-refractivity contribution in [3.05, 3.63) is 55.6 Å². The second-order valence-corrected chi connectivity index (χ2v) is 6.75. The van der Waals surface area contributed by atoms with Crippen LogP contribution in [0.5, 0.6) is 0 Å². The van der Waals surface area contributed by atoms with Gasteiger partial charge in [0.1, 0.15) is 0 Å². The Kier molecular flexibility index (Phi) is 4.16. The number of thiophene rings is 1. The van der Waals surface area contributed by atoms with E-state index < -0.39 is 0 Å². The molecule has 0 spiro atoms. The van der Waals surface area contributed by atoms with Gasteiger partial charge in [0.15, 0.2) is 4.96 Å². The lowest BCUT2D eigenvalue weighted by Gasteiger charge is -2.14. The maximum Gasteiger partial charge on any atom is 0.258 e. The van der Waals surface area contributed by atoms with Crippen LogP contribution in [0.2, 0.25) is 0 Å². The van der Waals surface area contributed by atoms with Crippen molar-refractivity contribution in [2.24, 2.45) is 0 Å². The van der Waals surface area contributed by atoms with Gasteiger partial charge >= 0.3 is 0 Å². The van der Waals surface area contributed by atoms with Crippen molar-refractivity contribution in [1.29, 1.82) is 0 Å². The van der Waals surface area contributed by atoms with Crippen molar-refractivity contribution < 1.29 is 5.11 Å². The molecule has 1 unspecified atom stereocenters. The second-order valence-electron chi connectivity index (χ2n) is 4.75. The van der Waals surface area contributed by atoms with Crippen molar-refractivity contribution in [3.63, 3.8) is 0 Å². The highest BCUT2D eigenvalue weighted by molar-refractivity contribution is 7.16. The fourth-order valence-corrected chi connectivity index (χ4v) is 3.70. The van der Waals surface area contributed by atoms with Crippen LogP contribution in [0.4, 0.5) is 0 Å². The van der Waals surface area contributed by atoms with Crippen molar-refractivity contribution >= 4 is 27.6 Å². The molecular weight excluding hydrogens is 306 g/mol. The van der Waals surface area contributed by atoms with Crippen LogP contribution in [0, 0.1) is 6.92 Å². The van der Waals surface area contributed by atoms with Gasteiger partial charge in [-0.3, -0.25) is 9.20 Å². The van der Waals surface area contributed by atoms with Crippen LogP contribution in [-0.4, -0.2) is 21.1 Å². The quantitative estimate of drug-likeness (QED) is 0.754. The van der Waals surface area contributed by atoms with Gasteiger partial charge in [-0.2, -0.15) is 11.3 Å². The van der Waals surface area contributed by atoms with Gasteiger partial charge in [0.25, 0.3) is 5.56 Å². The number of hydrogen-bond acceptors (Lipinski definition) is 6. The molecule has 0 amide bonds. The van der Waals surface area contributed by atoms with E-state index in [1.807, 2.05) is 23.8 Å². The van der Waals surface area contributed by atoms with Crippen LogP contribution in [-0.2, 0) is 6.54 Å². The third kappa shape index (κ3) is 3.06. The topological polar surface area (TPSA) is 66.6 Å². The van der Waals surface area contributed by atoms with Crippen molar-refractivity contribution in [2.45, 2.75) is 19.5 Å². The zero-order valence-electron chi connectivity index (χ0n) is 11.4. The molecule has 0 aromatic carbocycles. The Balaban J connectivity index is 1.80. The fraction of sp³-hybridized carbons (Fsp3) is 0.286. The second kappa shape index (κ2) is 6.07. The van der Waals surface area contributed by atoms with Crippen LogP contribution in [0.15, 0.2) is 33.9 Å². The molecular formula is C14H15N3O2S2. The van der Waals surface area contributed by atoms with E-state index in [4.69, 9.17) is 0 Å². The van der Waals surface area contributed by atoms with Crippen molar-refractivity contribution in [1.82, 2.24) is 14.7 Å². The monoisotopic (exact) mass is 321 g/mol. The van der Waals surface area contributed by atoms with Crippen LogP contribution in [0.3, 0.4) is 0 Å². The highest BCUT2D eigenvalue weighted by atomic mass is 32.1. The number of aliphatic hydroxyl groups is 1. The summed E-state index contributed by atoms with van der Waals surface area (Å²) < 4.78 is 1.56. The number of nitrogens with zero attached hydrogens (tertiary/aromatic N) is 2. The summed E-state index contributed by atoms with van der Waals surface area (Å²) in [6.45, 7) is 2.41. The molecule has 21 heavy (non-hydrogen) atoms. The first-order valence-electron chi connectivity index (χ1n) is 6.52. The standard InChI is InChI=1S/C14H15N3O2S2/c1-9-6-17-13(19)4-11(16-14(17)21-9)5-15-12(7-18)10-2-3-20-8-10/h2-4,6,8,12,15,18H,5,7H2,1H3. The maximum atomic E-state index is 12.0. The molecule has 0 aliphatic rings. The van der Waals surface area contributed by atoms with Gasteiger partial charge in [-0.1, -0.05) is 0 Å². The first-order valence-corrected chi connectivity index (χ1v) is 8.28. The zero-order chi connectivity index (χ0) is 14.8. The molecule has 3 rings (SSSR count). The summed E-state index contributed by atoms with van der Waals surface area (Å²) in [5.41, 5.74) is 1.67. The Morgan fingerprint density at radius 2 is 2.38 bits per heavy atom. The Hall–Kier alpha value is -1.54. The van der Waals surface area contributed by atoms with Gasteiger partial charge in [-0.05, 0) is 29.3 Å². The number of rotatable bonds is 5. The van der Waals surface area contributed by atoms with Crippen LogP contribution < -0.4 is 10.9 Å². The molecule has 3 aromatic rings. The molecule has 0 saturated heterocycles. The molecule has 5 nitrogen and oxygen atoms in total. The molecule has 2 N–H and O–H groups in total. The summed E-state index contributed by atoms with van der Waals surface area (Å²) in [5.74, 6) is 0. The minimum Gasteiger partial charge on any atom is -0.394 e. The first-order chi connectivity index (χ1) is 10.2. The van der Waals surface area contributed by atoms with Crippen LogP contribution >= 0.6 is 22.7 Å². The summed E-state index contributed by atoms with van der Waals surface area (Å²) in [6, 6.07) is 3.38. The van der Waals surface area contributed by atoms with Gasteiger partial charge in [0.05, 0.1) is 18.3 Å². The van der Waals surface area contributed by atoms with E-state index in [1.165, 1.54) is 17.4 Å². The number of aliphatic hydroxyl groups excluding tert-OH is 1. The van der Waals surface area contributed by atoms with E-state index in [0.29, 0.717) is 17.2 Å². The van der Waals surface area contributed by atoms with Crippen LogP contribution in [0.1, 0.15) is 22.2 Å². The summed E-state index contributed by atoms with van der Waals surface area (Å²) in [7, 11) is 0. The molecule has 0 saturated carbocycles. The van der Waals surface area contributed by atoms with Gasteiger partial charge in [0, 0.05) is 23.7 Å². The van der Waals surface area contributed by atoms with Crippen molar-refractivity contribution in [2.75, 3.05) is 6.61 Å². The summed E-state index contributed by atoms with van der Waals surface area (Å²) in [6.07, 6.45) is 1.80. The molecule has 0 radical (unpaired) electrons. The summed E-state index contributed by atoms with van der Waals surface area (Å²) >= 11 is 3.09. The summed E-state index contributed by atoms with van der Waals surface area (Å²) in [4.78, 5) is 18.2. The first kappa shape index (κ1) is 14.4. The minimum atomic E-state index is -0.137. The molecule has 0 aliphatic carbocycles. The Labute approximate surface area is 129 Å². The van der Waals surface area contributed by atoms with Crippen LogP contribution in [0.25, 0.3) is 4.96 Å². The van der Waals surface area contributed by atoms with Gasteiger partial charge in [-0.25, -0.2) is 4.98 Å². The van der Waals surface area contributed by atoms with Gasteiger partial charge in [-0.15, -0.1) is 11.3 Å². The zero-order valence-corrected chi connectivity index (χ0v) is 13.1. The third-order valence-electron chi connectivity index (χ3n) is 3.19. The van der Waals surface area contributed by atoms with E-state index in [-0.39, 0.29) is 18.2 Å². The normalized spacial score (nSPS) is 12.9. The molecule has 0 fully saturated rings. The van der Waals surface area contributed by atoms with Gasteiger partial charge in [0.2, 0.25) is 0 Å². The fourth-order valence-electron chi connectivity index (χ4n) is 2.14. The third-order valence-corrected chi connectivity index (χ3v) is 4.79. The number of fused-ring (bicyclic) bond motifs is 1. The number of aryl methyl sites for hydroxylation is 1. The SMILES string of the molecule is Cc1cn2c(=O)cc(CNC(CO)c3ccsc3)nc2s1. The predicted molar refractivity (Wildman–Crippen MR) is 85.1 cm³/mol. The molecule has 3 heterocycles. The molecule has 110 valence electrons. The lowest BCUT2D eigenvalue weighted by Crippen LogP contribution is -2.25. The average Bonchev–Trinajstić information content (AvgIpc) is 3.09. The van der Waals surface area contributed by atoms with E-state index in [2.05, 4.69) is 10.3 Å². The van der Waals surface area contributed by atoms with E-state index in [9.17, 15) is 9.90 Å². The Bertz CT molecular complexity index is 792. The van der Waals surface area contributed by atoms with E-state index in [0.717, 1.165) is 10.4 Å². The molecule has 1 atom stereocenters. The maximum absolute atomic E-state index is 12.0. The van der Waals surface area contributed by atoms with E-state index >= 15 is 0 Å². The average molecular weight is 321 g/mol. The van der Waals surface area contributed by atoms with E-state index in [1.54, 1.807) is 21.9 Å². The lowest BCUT2D eigenvalue weighted by atomic mass is 10.1. The molecule has 0 aliphatic heterocycles. The Morgan fingerprint density at radius 3 is 3.10 bits per heavy atom. The number of aromatic nitrogens is 2. The summed E-state index contributed by atoms with van der Waals surface area (Å²) in [5, 5.41) is 16.7. The largest absolute Gasteiger partial charge is 0.394 e. The highest BCUT2D eigenvalue weighted by Crippen LogP contribution is 2.17. The molecule has 3 aromatic heterocycles. The van der Waals surface area contributed by atoms with Crippen molar-refractivity contribution in [3.8, 4) is 0 Å². The smallest absolute Gasteiger partial charge is 0.258 e. The number of hydrogen-bond donors (Lipinski definition) is 2. The lowest BCUT2D eigenvalue weighted by molar-refractivity contribution is 0.243. The van der Waals surface area contributed by atoms with Gasteiger partial charge < -0.3 is 10.4 Å². The molecule has 7 heteroatoms. The molecule has 0 bridgehead atoms. The number of nitrogens with one attached hydrogen (secondary N) is 1. The predicted octanol–water partition coefficient (Wildman–Crippen LogP) is 1.95.